The van der Waals surface area contributed by atoms with Crippen molar-refractivity contribution in [2.75, 3.05) is 13.2 Å². The Morgan fingerprint density at radius 2 is 1.74 bits per heavy atom. The number of hydrogen-bond acceptors (Lipinski definition) is 4. The molecule has 0 fully saturated rings. The fraction of sp³-hybridized carbons (Fsp3) is 0.300. The Labute approximate surface area is 161 Å². The van der Waals surface area contributed by atoms with Gasteiger partial charge in [-0.1, -0.05) is 42.1 Å². The van der Waals surface area contributed by atoms with Crippen LogP contribution in [0.15, 0.2) is 59.5 Å². The second kappa shape index (κ2) is 10.7. The Bertz CT molecular complexity index is 739. The van der Waals surface area contributed by atoms with Crippen LogP contribution in [0.3, 0.4) is 0 Å². The number of alkyl halides is 2. The Kier molecular flexibility index (Phi) is 8.26. The number of carbonyl (C=O) groups excluding carboxylic acids is 2. The van der Waals surface area contributed by atoms with Crippen LogP contribution < -0.4 is 5.32 Å². The summed E-state index contributed by atoms with van der Waals surface area (Å²) in [5, 5.41) is 2.72. The SMILES string of the molecule is CCOC(=O)[C@@H](CNC(=O)c1ccc(SC(F)F)cc1)Cc1ccccc1. The van der Waals surface area contributed by atoms with Crippen molar-refractivity contribution < 1.29 is 23.1 Å². The van der Waals surface area contributed by atoms with E-state index in [0.717, 1.165) is 5.56 Å². The van der Waals surface area contributed by atoms with Gasteiger partial charge in [-0.05, 0) is 43.2 Å². The van der Waals surface area contributed by atoms with E-state index < -0.39 is 11.7 Å². The van der Waals surface area contributed by atoms with Gasteiger partial charge in [0.2, 0.25) is 0 Å². The smallest absolute Gasteiger partial charge is 0.311 e. The highest BCUT2D eigenvalue weighted by molar-refractivity contribution is 7.99. The van der Waals surface area contributed by atoms with E-state index in [9.17, 15) is 18.4 Å². The van der Waals surface area contributed by atoms with Crippen molar-refractivity contribution in [1.82, 2.24) is 5.32 Å². The summed E-state index contributed by atoms with van der Waals surface area (Å²) >= 11 is 0.421. The van der Waals surface area contributed by atoms with E-state index >= 15 is 0 Å². The lowest BCUT2D eigenvalue weighted by Crippen LogP contribution is -2.35. The molecular formula is C20H21F2NO3S. The van der Waals surface area contributed by atoms with Gasteiger partial charge in [-0.25, -0.2) is 0 Å². The van der Waals surface area contributed by atoms with Crippen LogP contribution in [0.25, 0.3) is 0 Å². The summed E-state index contributed by atoms with van der Waals surface area (Å²) in [5.41, 5.74) is 1.31. The third-order valence-electron chi connectivity index (χ3n) is 3.80. The quantitative estimate of drug-likeness (QED) is 0.514. The monoisotopic (exact) mass is 393 g/mol. The molecule has 0 aromatic heterocycles. The van der Waals surface area contributed by atoms with Crippen molar-refractivity contribution in [3.05, 3.63) is 65.7 Å². The van der Waals surface area contributed by atoms with Crippen molar-refractivity contribution in [3.8, 4) is 0 Å². The standard InChI is InChI=1S/C20H21F2NO3S/c1-2-26-19(25)16(12-14-6-4-3-5-7-14)13-23-18(24)15-8-10-17(11-9-15)27-20(21)22/h3-11,16,20H,2,12-13H2,1H3,(H,23,24)/t16-/m1/s1. The van der Waals surface area contributed by atoms with E-state index in [2.05, 4.69) is 5.32 Å². The summed E-state index contributed by atoms with van der Waals surface area (Å²) in [6.45, 7) is 2.12. The summed E-state index contributed by atoms with van der Waals surface area (Å²) < 4.78 is 29.8. The molecule has 0 aliphatic heterocycles. The van der Waals surface area contributed by atoms with Crippen LogP contribution >= 0.6 is 11.8 Å². The number of halogens is 2. The number of benzene rings is 2. The molecule has 0 saturated carbocycles. The molecule has 0 bridgehead atoms. The largest absolute Gasteiger partial charge is 0.466 e. The van der Waals surface area contributed by atoms with Gasteiger partial charge in [-0.3, -0.25) is 9.59 Å². The molecule has 1 atom stereocenters. The zero-order valence-electron chi connectivity index (χ0n) is 14.9. The van der Waals surface area contributed by atoms with Gasteiger partial charge in [0.15, 0.2) is 0 Å². The minimum atomic E-state index is -2.51. The summed E-state index contributed by atoms with van der Waals surface area (Å²) in [5.74, 6) is -3.76. The minimum Gasteiger partial charge on any atom is -0.466 e. The Morgan fingerprint density at radius 3 is 2.33 bits per heavy atom. The van der Waals surface area contributed by atoms with Crippen LogP contribution in [-0.4, -0.2) is 30.8 Å². The third kappa shape index (κ3) is 7.02. The molecule has 0 aliphatic carbocycles. The predicted octanol–water partition coefficient (Wildman–Crippen LogP) is 4.15. The van der Waals surface area contributed by atoms with Crippen LogP contribution in [0.2, 0.25) is 0 Å². The first-order chi connectivity index (χ1) is 13.0. The van der Waals surface area contributed by atoms with Gasteiger partial charge < -0.3 is 10.1 Å². The molecule has 0 heterocycles. The second-order valence-corrected chi connectivity index (χ2v) is 6.82. The van der Waals surface area contributed by atoms with Crippen molar-refractivity contribution in [3.63, 3.8) is 0 Å². The molecule has 0 spiro atoms. The summed E-state index contributed by atoms with van der Waals surface area (Å²) in [4.78, 5) is 24.9. The maximum Gasteiger partial charge on any atom is 0.311 e. The van der Waals surface area contributed by atoms with Gasteiger partial charge in [0.05, 0.1) is 12.5 Å². The second-order valence-electron chi connectivity index (χ2n) is 5.75. The van der Waals surface area contributed by atoms with E-state index in [1.807, 2.05) is 30.3 Å². The lowest BCUT2D eigenvalue weighted by molar-refractivity contribution is -0.147. The molecule has 1 amide bonds. The predicted molar refractivity (Wildman–Crippen MR) is 101 cm³/mol. The first-order valence-corrected chi connectivity index (χ1v) is 9.41. The molecule has 1 N–H and O–H groups in total. The van der Waals surface area contributed by atoms with E-state index in [0.29, 0.717) is 28.6 Å². The summed E-state index contributed by atoms with van der Waals surface area (Å²) in [7, 11) is 0. The van der Waals surface area contributed by atoms with Gasteiger partial charge in [0.25, 0.3) is 11.7 Å². The number of amides is 1. The Hall–Kier alpha value is -2.41. The van der Waals surface area contributed by atoms with Crippen LogP contribution in [0.4, 0.5) is 8.78 Å². The van der Waals surface area contributed by atoms with Gasteiger partial charge in [-0.2, -0.15) is 8.78 Å². The highest BCUT2D eigenvalue weighted by Gasteiger charge is 2.21. The molecule has 0 radical (unpaired) electrons. The highest BCUT2D eigenvalue weighted by Crippen LogP contribution is 2.25. The van der Waals surface area contributed by atoms with Gasteiger partial charge >= 0.3 is 5.97 Å². The normalized spacial score (nSPS) is 11.9. The number of esters is 1. The average molecular weight is 393 g/mol. The van der Waals surface area contributed by atoms with Gasteiger partial charge in [0, 0.05) is 17.0 Å². The summed E-state index contributed by atoms with van der Waals surface area (Å²) in [6.07, 6.45) is 0.448. The maximum absolute atomic E-state index is 12.3. The third-order valence-corrected chi connectivity index (χ3v) is 4.52. The molecule has 7 heteroatoms. The lowest BCUT2D eigenvalue weighted by atomic mass is 9.99. The zero-order valence-corrected chi connectivity index (χ0v) is 15.7. The number of carbonyl (C=O) groups is 2. The van der Waals surface area contributed by atoms with Crippen molar-refractivity contribution in [2.45, 2.75) is 24.0 Å². The van der Waals surface area contributed by atoms with Crippen molar-refractivity contribution >= 4 is 23.6 Å². The van der Waals surface area contributed by atoms with Crippen LogP contribution in [0.1, 0.15) is 22.8 Å². The zero-order chi connectivity index (χ0) is 19.6. The maximum atomic E-state index is 12.3. The first-order valence-electron chi connectivity index (χ1n) is 8.53. The highest BCUT2D eigenvalue weighted by atomic mass is 32.2. The van der Waals surface area contributed by atoms with Crippen LogP contribution in [0.5, 0.6) is 0 Å². The molecule has 2 rings (SSSR count). The number of nitrogens with one attached hydrogen (secondary N) is 1. The average Bonchev–Trinajstić information content (AvgIpc) is 2.66. The van der Waals surface area contributed by atoms with Crippen molar-refractivity contribution in [1.29, 1.82) is 0 Å². The molecule has 4 nitrogen and oxygen atoms in total. The van der Waals surface area contributed by atoms with Crippen molar-refractivity contribution in [2.24, 2.45) is 5.92 Å². The van der Waals surface area contributed by atoms with E-state index in [-0.39, 0.29) is 25.0 Å². The van der Waals surface area contributed by atoms with Gasteiger partial charge in [0.1, 0.15) is 0 Å². The lowest BCUT2D eigenvalue weighted by Gasteiger charge is -2.16. The molecule has 27 heavy (non-hydrogen) atoms. The van der Waals surface area contributed by atoms with E-state index in [1.54, 1.807) is 6.92 Å². The van der Waals surface area contributed by atoms with E-state index in [1.165, 1.54) is 24.3 Å². The number of hydrogen-bond donors (Lipinski definition) is 1. The van der Waals surface area contributed by atoms with Crippen LogP contribution in [-0.2, 0) is 16.0 Å². The number of rotatable bonds is 9. The molecule has 0 saturated heterocycles. The Balaban J connectivity index is 1.98. The molecule has 2 aromatic rings. The molecule has 144 valence electrons. The molecule has 2 aromatic carbocycles. The van der Waals surface area contributed by atoms with Gasteiger partial charge in [-0.15, -0.1) is 0 Å². The number of thioether (sulfide) groups is 1. The fourth-order valence-corrected chi connectivity index (χ4v) is 3.00. The molecule has 0 unspecified atom stereocenters. The topological polar surface area (TPSA) is 55.4 Å². The molecule has 0 aliphatic rings. The van der Waals surface area contributed by atoms with Crippen LogP contribution in [0, 0.1) is 5.92 Å². The summed E-state index contributed by atoms with van der Waals surface area (Å²) in [6, 6.07) is 15.4. The fourth-order valence-electron chi connectivity index (χ4n) is 2.50. The van der Waals surface area contributed by atoms with E-state index in [4.69, 9.17) is 4.74 Å². The first kappa shape index (κ1) is 20.9. The Morgan fingerprint density at radius 1 is 1.07 bits per heavy atom. The molecular weight excluding hydrogens is 372 g/mol. The number of ether oxygens (including phenoxy) is 1. The minimum absolute atomic E-state index is 0.125.